The van der Waals surface area contributed by atoms with Crippen molar-refractivity contribution in [3.05, 3.63) is 35.7 Å². The maximum atomic E-state index is 5.65. The van der Waals surface area contributed by atoms with Gasteiger partial charge < -0.3 is 16.3 Å². The van der Waals surface area contributed by atoms with Gasteiger partial charge in [-0.15, -0.1) is 10.2 Å². The molecule has 0 unspecified atom stereocenters. The molecule has 0 amide bonds. The van der Waals surface area contributed by atoms with Gasteiger partial charge in [-0.05, 0) is 17.7 Å². The van der Waals surface area contributed by atoms with Crippen LogP contribution in [0.25, 0.3) is 0 Å². The molecule has 0 saturated carbocycles. The average molecular weight is 219 g/mol. The van der Waals surface area contributed by atoms with Gasteiger partial charge in [0.25, 0.3) is 0 Å². The van der Waals surface area contributed by atoms with Crippen molar-refractivity contribution in [3.8, 4) is 5.75 Å². The summed E-state index contributed by atoms with van der Waals surface area (Å²) >= 11 is 0. The topological polar surface area (TPSA) is 92.0 Å². The smallest absolute Gasteiger partial charge is 0.240 e. The molecule has 1 aromatic carbocycles. The minimum absolute atomic E-state index is 0.212. The van der Waals surface area contributed by atoms with E-state index in [4.69, 9.17) is 16.3 Å². The number of benzene rings is 1. The Bertz CT molecular complexity index is 476. The largest absolute Gasteiger partial charge is 0.497 e. The first-order valence-electron chi connectivity index (χ1n) is 4.78. The van der Waals surface area contributed by atoms with Gasteiger partial charge in [-0.25, -0.2) is 4.68 Å². The highest BCUT2D eigenvalue weighted by atomic mass is 16.5. The summed E-state index contributed by atoms with van der Waals surface area (Å²) in [5.74, 6) is 7.30. The highest BCUT2D eigenvalue weighted by Crippen LogP contribution is 2.13. The molecule has 2 aromatic rings. The molecule has 1 aromatic heterocycles. The molecule has 84 valence electrons. The van der Waals surface area contributed by atoms with E-state index in [0.29, 0.717) is 12.2 Å². The summed E-state index contributed by atoms with van der Waals surface area (Å²) in [5.41, 5.74) is 6.55. The number of hydrogen-bond donors (Lipinski definition) is 2. The molecular weight excluding hydrogens is 206 g/mol. The number of rotatable bonds is 3. The molecule has 0 aliphatic carbocycles. The fourth-order valence-electron chi connectivity index (χ4n) is 1.38. The molecule has 0 radical (unpaired) electrons. The van der Waals surface area contributed by atoms with Crippen molar-refractivity contribution in [1.29, 1.82) is 0 Å². The second kappa shape index (κ2) is 4.09. The van der Waals surface area contributed by atoms with Crippen LogP contribution in [-0.2, 0) is 6.42 Å². The molecule has 0 aliphatic rings. The summed E-state index contributed by atoms with van der Waals surface area (Å²) in [7, 11) is 1.63. The van der Waals surface area contributed by atoms with Crippen LogP contribution in [0.3, 0.4) is 0 Å². The van der Waals surface area contributed by atoms with Crippen LogP contribution in [-0.4, -0.2) is 22.0 Å². The van der Waals surface area contributed by atoms with Gasteiger partial charge in [-0.1, -0.05) is 12.1 Å². The number of nitrogen functional groups attached to an aromatic ring is 2. The molecule has 0 bridgehead atoms. The highest BCUT2D eigenvalue weighted by molar-refractivity contribution is 5.29. The van der Waals surface area contributed by atoms with Crippen LogP contribution >= 0.6 is 0 Å². The van der Waals surface area contributed by atoms with Gasteiger partial charge >= 0.3 is 0 Å². The summed E-state index contributed by atoms with van der Waals surface area (Å²) in [5, 5.41) is 7.57. The molecule has 0 aliphatic heterocycles. The van der Waals surface area contributed by atoms with Crippen molar-refractivity contribution >= 4 is 5.95 Å². The standard InChI is InChI=1S/C10H13N5O/c1-16-8-4-2-7(3-5-8)6-9-13-14-10(11)15(9)12/h2-5H,6,12H2,1H3,(H2,11,14). The Morgan fingerprint density at radius 2 is 1.94 bits per heavy atom. The van der Waals surface area contributed by atoms with E-state index in [2.05, 4.69) is 10.2 Å². The summed E-state index contributed by atoms with van der Waals surface area (Å²) in [4.78, 5) is 0. The number of anilines is 1. The molecule has 6 nitrogen and oxygen atoms in total. The van der Waals surface area contributed by atoms with E-state index in [9.17, 15) is 0 Å². The molecular formula is C10H13N5O. The Morgan fingerprint density at radius 1 is 1.25 bits per heavy atom. The molecule has 0 spiro atoms. The number of nitrogens with zero attached hydrogens (tertiary/aromatic N) is 3. The van der Waals surface area contributed by atoms with Gasteiger partial charge in [-0.3, -0.25) is 0 Å². The number of nitrogens with two attached hydrogens (primary N) is 2. The molecule has 6 heteroatoms. The van der Waals surface area contributed by atoms with Crippen molar-refractivity contribution in [2.45, 2.75) is 6.42 Å². The lowest BCUT2D eigenvalue weighted by atomic mass is 10.1. The molecule has 2 rings (SSSR count). The fraction of sp³-hybridized carbons (Fsp3) is 0.200. The number of ether oxygens (including phenoxy) is 1. The third-order valence-electron chi connectivity index (χ3n) is 2.31. The van der Waals surface area contributed by atoms with Gasteiger partial charge in [0.2, 0.25) is 5.95 Å². The zero-order chi connectivity index (χ0) is 11.5. The molecule has 1 heterocycles. The van der Waals surface area contributed by atoms with Gasteiger partial charge in [0, 0.05) is 6.42 Å². The van der Waals surface area contributed by atoms with Crippen molar-refractivity contribution in [2.75, 3.05) is 18.7 Å². The Kier molecular flexibility index (Phi) is 2.63. The SMILES string of the molecule is COc1ccc(Cc2nnc(N)n2N)cc1. The monoisotopic (exact) mass is 219 g/mol. The number of aromatic nitrogens is 3. The van der Waals surface area contributed by atoms with Crippen LogP contribution in [0.2, 0.25) is 0 Å². The van der Waals surface area contributed by atoms with E-state index >= 15 is 0 Å². The number of hydrogen-bond acceptors (Lipinski definition) is 5. The first-order valence-corrected chi connectivity index (χ1v) is 4.78. The fourth-order valence-corrected chi connectivity index (χ4v) is 1.38. The average Bonchev–Trinajstić information content (AvgIpc) is 2.62. The van der Waals surface area contributed by atoms with Gasteiger partial charge in [0.15, 0.2) is 5.82 Å². The van der Waals surface area contributed by atoms with Crippen LogP contribution in [0.5, 0.6) is 5.75 Å². The lowest BCUT2D eigenvalue weighted by molar-refractivity contribution is 0.414. The van der Waals surface area contributed by atoms with Crippen LogP contribution in [0, 0.1) is 0 Å². The lowest BCUT2D eigenvalue weighted by Gasteiger charge is -2.03. The molecule has 16 heavy (non-hydrogen) atoms. The zero-order valence-electron chi connectivity index (χ0n) is 8.92. The lowest BCUT2D eigenvalue weighted by Crippen LogP contribution is -2.15. The van der Waals surface area contributed by atoms with Crippen molar-refractivity contribution in [3.63, 3.8) is 0 Å². The summed E-state index contributed by atoms with van der Waals surface area (Å²) in [6, 6.07) is 7.67. The van der Waals surface area contributed by atoms with Gasteiger partial charge in [-0.2, -0.15) is 0 Å². The Labute approximate surface area is 92.8 Å². The molecule has 0 saturated heterocycles. The Morgan fingerprint density at radius 3 is 2.44 bits per heavy atom. The second-order valence-corrected chi connectivity index (χ2v) is 3.37. The summed E-state index contributed by atoms with van der Waals surface area (Å²) < 4.78 is 6.35. The van der Waals surface area contributed by atoms with E-state index in [1.807, 2.05) is 24.3 Å². The van der Waals surface area contributed by atoms with Crippen molar-refractivity contribution in [1.82, 2.24) is 14.9 Å². The second-order valence-electron chi connectivity index (χ2n) is 3.37. The normalized spacial score (nSPS) is 10.3. The first kappa shape index (κ1) is 10.3. The predicted octanol–water partition coefficient (Wildman–Crippen LogP) is 0.173. The van der Waals surface area contributed by atoms with Crippen LogP contribution in [0.1, 0.15) is 11.4 Å². The maximum absolute atomic E-state index is 5.65. The van der Waals surface area contributed by atoms with Crippen LogP contribution in [0.4, 0.5) is 5.95 Å². The molecule has 4 N–H and O–H groups in total. The third kappa shape index (κ3) is 1.90. The van der Waals surface area contributed by atoms with E-state index in [1.165, 1.54) is 4.68 Å². The van der Waals surface area contributed by atoms with Crippen LogP contribution < -0.4 is 16.3 Å². The zero-order valence-corrected chi connectivity index (χ0v) is 8.92. The minimum Gasteiger partial charge on any atom is -0.497 e. The number of methoxy groups -OCH3 is 1. The first-order chi connectivity index (χ1) is 7.70. The molecule has 0 fully saturated rings. The van der Waals surface area contributed by atoms with Crippen molar-refractivity contribution < 1.29 is 4.74 Å². The molecule has 0 atom stereocenters. The maximum Gasteiger partial charge on any atom is 0.240 e. The summed E-state index contributed by atoms with van der Waals surface area (Å²) in [6.45, 7) is 0. The third-order valence-corrected chi connectivity index (χ3v) is 2.31. The highest BCUT2D eigenvalue weighted by Gasteiger charge is 2.07. The Balaban J connectivity index is 2.17. The minimum atomic E-state index is 0.212. The van der Waals surface area contributed by atoms with Gasteiger partial charge in [0.05, 0.1) is 7.11 Å². The van der Waals surface area contributed by atoms with Gasteiger partial charge in [0.1, 0.15) is 5.75 Å². The Hall–Kier alpha value is -2.24. The van der Waals surface area contributed by atoms with Crippen molar-refractivity contribution in [2.24, 2.45) is 0 Å². The quantitative estimate of drug-likeness (QED) is 0.718. The van der Waals surface area contributed by atoms with E-state index in [0.717, 1.165) is 11.3 Å². The summed E-state index contributed by atoms with van der Waals surface area (Å²) in [6.07, 6.45) is 0.588. The van der Waals surface area contributed by atoms with E-state index in [1.54, 1.807) is 7.11 Å². The van der Waals surface area contributed by atoms with E-state index < -0.39 is 0 Å². The predicted molar refractivity (Wildman–Crippen MR) is 60.4 cm³/mol. The van der Waals surface area contributed by atoms with Crippen LogP contribution in [0.15, 0.2) is 24.3 Å². The van der Waals surface area contributed by atoms with E-state index in [-0.39, 0.29) is 5.95 Å².